The quantitative estimate of drug-likeness (QED) is 0.390. The predicted octanol–water partition coefficient (Wildman–Crippen LogP) is 2.32. The molecule has 0 radical (unpaired) electrons. The number of anilines is 1. The van der Waals surface area contributed by atoms with Crippen molar-refractivity contribution in [2.24, 2.45) is 7.05 Å². The molecule has 4 aromatic heterocycles. The summed E-state index contributed by atoms with van der Waals surface area (Å²) in [5, 5.41) is 12.9. The molecule has 5 heterocycles. The van der Waals surface area contributed by atoms with E-state index in [4.69, 9.17) is 0 Å². The van der Waals surface area contributed by atoms with E-state index in [1.54, 1.807) is 10.9 Å². The molecule has 1 aromatic carbocycles. The molecule has 5 aromatic rings. The maximum Gasteiger partial charge on any atom is 0.254 e. The third-order valence-electron chi connectivity index (χ3n) is 6.43. The van der Waals surface area contributed by atoms with Gasteiger partial charge in [0.15, 0.2) is 5.82 Å². The standard InChI is InChI=1S/C25H26N10/c1-32-6-8-34(9-7-32)22-14-26-24(27-15-22)19-5-3-4-18(10-19)11-23-30-31-25-28-12-20(17-35(23)25)21-13-29-33(2)16-21/h3-5,10,12-17H,6-9,11H2,1-2H3. The van der Waals surface area contributed by atoms with Gasteiger partial charge in [0.2, 0.25) is 0 Å². The van der Waals surface area contributed by atoms with Crippen molar-refractivity contribution in [3.63, 3.8) is 0 Å². The van der Waals surface area contributed by atoms with Crippen LogP contribution < -0.4 is 4.90 Å². The van der Waals surface area contributed by atoms with Gasteiger partial charge in [-0.3, -0.25) is 9.08 Å². The minimum atomic E-state index is 0.576. The zero-order valence-corrected chi connectivity index (χ0v) is 19.8. The van der Waals surface area contributed by atoms with Gasteiger partial charge in [0.25, 0.3) is 5.78 Å². The molecule has 1 saturated heterocycles. The van der Waals surface area contributed by atoms with E-state index < -0.39 is 0 Å². The Kier molecular flexibility index (Phi) is 5.42. The minimum Gasteiger partial charge on any atom is -0.366 e. The zero-order valence-electron chi connectivity index (χ0n) is 19.8. The van der Waals surface area contributed by atoms with Gasteiger partial charge in [0.1, 0.15) is 5.82 Å². The van der Waals surface area contributed by atoms with E-state index in [1.165, 1.54) is 0 Å². The lowest BCUT2D eigenvalue weighted by Crippen LogP contribution is -2.44. The summed E-state index contributed by atoms with van der Waals surface area (Å²) in [4.78, 5) is 18.5. The smallest absolute Gasteiger partial charge is 0.254 e. The van der Waals surface area contributed by atoms with Crippen LogP contribution in [0.25, 0.3) is 28.3 Å². The molecule has 0 spiro atoms. The predicted molar refractivity (Wildman–Crippen MR) is 133 cm³/mol. The molecule has 10 heteroatoms. The number of rotatable bonds is 5. The van der Waals surface area contributed by atoms with E-state index >= 15 is 0 Å². The zero-order chi connectivity index (χ0) is 23.8. The van der Waals surface area contributed by atoms with Crippen molar-refractivity contribution >= 4 is 11.5 Å². The Hall–Kier alpha value is -4.18. The summed E-state index contributed by atoms with van der Waals surface area (Å²) in [7, 11) is 4.05. The summed E-state index contributed by atoms with van der Waals surface area (Å²) in [6, 6.07) is 8.27. The molecule has 0 atom stereocenters. The molecule has 6 rings (SSSR count). The molecule has 176 valence electrons. The number of fused-ring (bicyclic) bond motifs is 1. The third kappa shape index (κ3) is 4.35. The van der Waals surface area contributed by atoms with Crippen molar-refractivity contribution in [3.8, 4) is 22.5 Å². The number of aromatic nitrogens is 8. The highest BCUT2D eigenvalue weighted by atomic mass is 15.3. The minimum absolute atomic E-state index is 0.576. The summed E-state index contributed by atoms with van der Waals surface area (Å²) < 4.78 is 3.72. The summed E-state index contributed by atoms with van der Waals surface area (Å²) in [6.07, 6.45) is 12.1. The normalized spacial score (nSPS) is 14.6. The Bertz CT molecular complexity index is 1460. The highest BCUT2D eigenvalue weighted by Crippen LogP contribution is 2.22. The number of hydrogen-bond donors (Lipinski definition) is 0. The maximum absolute atomic E-state index is 4.66. The van der Waals surface area contributed by atoms with Crippen molar-refractivity contribution < 1.29 is 0 Å². The van der Waals surface area contributed by atoms with Gasteiger partial charge in [-0.15, -0.1) is 10.2 Å². The van der Waals surface area contributed by atoms with Crippen molar-refractivity contribution in [1.82, 2.24) is 44.2 Å². The Labute approximate surface area is 202 Å². The molecular weight excluding hydrogens is 440 g/mol. The second kappa shape index (κ2) is 8.88. The average molecular weight is 467 g/mol. The fourth-order valence-corrected chi connectivity index (χ4v) is 4.38. The fraction of sp³-hybridized carbons (Fsp3) is 0.280. The lowest BCUT2D eigenvalue weighted by molar-refractivity contribution is 0.312. The first-order valence-corrected chi connectivity index (χ1v) is 11.7. The molecule has 0 saturated carbocycles. The molecular formula is C25H26N10. The van der Waals surface area contributed by atoms with E-state index in [2.05, 4.69) is 59.2 Å². The van der Waals surface area contributed by atoms with Crippen LogP contribution in [0.15, 0.2) is 61.4 Å². The van der Waals surface area contributed by atoms with Gasteiger partial charge in [-0.1, -0.05) is 18.2 Å². The Morgan fingerprint density at radius 2 is 1.60 bits per heavy atom. The molecule has 1 aliphatic rings. The largest absolute Gasteiger partial charge is 0.366 e. The Morgan fingerprint density at radius 1 is 0.800 bits per heavy atom. The van der Waals surface area contributed by atoms with Crippen LogP contribution in [0.4, 0.5) is 5.69 Å². The van der Waals surface area contributed by atoms with Crippen LogP contribution in [0.5, 0.6) is 0 Å². The molecule has 1 aliphatic heterocycles. The van der Waals surface area contributed by atoms with Crippen LogP contribution in [0.1, 0.15) is 11.4 Å². The van der Waals surface area contributed by atoms with Crippen molar-refractivity contribution in [2.45, 2.75) is 6.42 Å². The first-order chi connectivity index (χ1) is 17.1. The second-order valence-electron chi connectivity index (χ2n) is 8.96. The van der Waals surface area contributed by atoms with Gasteiger partial charge in [-0.25, -0.2) is 15.0 Å². The third-order valence-corrected chi connectivity index (χ3v) is 6.43. The first kappa shape index (κ1) is 21.4. The highest BCUT2D eigenvalue weighted by molar-refractivity contribution is 5.61. The van der Waals surface area contributed by atoms with Crippen LogP contribution in [-0.4, -0.2) is 77.5 Å². The van der Waals surface area contributed by atoms with Crippen LogP contribution in [-0.2, 0) is 13.5 Å². The van der Waals surface area contributed by atoms with Crippen LogP contribution >= 0.6 is 0 Å². The highest BCUT2D eigenvalue weighted by Gasteiger charge is 2.15. The number of nitrogens with zero attached hydrogens (tertiary/aromatic N) is 10. The first-order valence-electron chi connectivity index (χ1n) is 11.7. The van der Waals surface area contributed by atoms with E-state index in [-0.39, 0.29) is 0 Å². The maximum atomic E-state index is 4.66. The van der Waals surface area contributed by atoms with Crippen molar-refractivity contribution in [1.29, 1.82) is 0 Å². The van der Waals surface area contributed by atoms with Crippen LogP contribution in [0, 0.1) is 0 Å². The van der Waals surface area contributed by atoms with Crippen LogP contribution in [0.3, 0.4) is 0 Å². The number of likely N-dealkylation sites (N-methyl/N-ethyl adjacent to an activating group) is 1. The molecule has 10 nitrogen and oxygen atoms in total. The molecule has 0 aliphatic carbocycles. The molecule has 0 amide bonds. The van der Waals surface area contributed by atoms with E-state index in [0.29, 0.717) is 12.2 Å². The van der Waals surface area contributed by atoms with Gasteiger partial charge in [-0.05, 0) is 18.7 Å². The van der Waals surface area contributed by atoms with Crippen LogP contribution in [0.2, 0.25) is 0 Å². The van der Waals surface area contributed by atoms with Crippen molar-refractivity contribution in [2.75, 3.05) is 38.1 Å². The van der Waals surface area contributed by atoms with E-state index in [9.17, 15) is 0 Å². The molecule has 0 unspecified atom stereocenters. The van der Waals surface area contributed by atoms with E-state index in [1.807, 2.05) is 54.6 Å². The average Bonchev–Trinajstić information content (AvgIpc) is 3.51. The fourth-order valence-electron chi connectivity index (χ4n) is 4.38. The molecule has 1 fully saturated rings. The van der Waals surface area contributed by atoms with Crippen molar-refractivity contribution in [3.05, 3.63) is 72.8 Å². The van der Waals surface area contributed by atoms with E-state index in [0.717, 1.165) is 65.8 Å². The Morgan fingerprint density at radius 3 is 2.37 bits per heavy atom. The number of aryl methyl sites for hydroxylation is 1. The molecule has 0 bridgehead atoms. The number of piperazine rings is 1. The lowest BCUT2D eigenvalue weighted by Gasteiger charge is -2.33. The SMILES string of the molecule is CN1CCN(c2cnc(-c3cccc(Cc4nnc5ncc(-c6cnn(C)c6)cn45)c3)nc2)CC1. The number of hydrogen-bond acceptors (Lipinski definition) is 8. The summed E-state index contributed by atoms with van der Waals surface area (Å²) in [6.45, 7) is 4.11. The van der Waals surface area contributed by atoms with Gasteiger partial charge in [0.05, 0.1) is 24.3 Å². The lowest BCUT2D eigenvalue weighted by atomic mass is 10.1. The monoisotopic (exact) mass is 466 g/mol. The Balaban J connectivity index is 1.23. The molecule has 0 N–H and O–H groups in total. The summed E-state index contributed by atoms with van der Waals surface area (Å²) in [5.74, 6) is 2.12. The summed E-state index contributed by atoms with van der Waals surface area (Å²) in [5.41, 5.74) is 5.13. The van der Waals surface area contributed by atoms with Gasteiger partial charge >= 0.3 is 0 Å². The van der Waals surface area contributed by atoms with Gasteiger partial charge < -0.3 is 9.80 Å². The second-order valence-corrected chi connectivity index (χ2v) is 8.96. The topological polar surface area (TPSA) is 93.2 Å². The van der Waals surface area contributed by atoms with Gasteiger partial charge in [0, 0.05) is 74.9 Å². The van der Waals surface area contributed by atoms with Gasteiger partial charge in [-0.2, -0.15) is 5.10 Å². The molecule has 35 heavy (non-hydrogen) atoms. The summed E-state index contributed by atoms with van der Waals surface area (Å²) >= 11 is 0. The number of benzene rings is 1.